The predicted molar refractivity (Wildman–Crippen MR) is 84.7 cm³/mol. The van der Waals surface area contributed by atoms with Crippen LogP contribution in [0.15, 0.2) is 30.3 Å². The monoisotopic (exact) mass is 306 g/mol. The Hall–Kier alpha value is -0.980. The minimum absolute atomic E-state index is 0.0430. The molecule has 5 nitrogen and oxygen atoms in total. The van der Waals surface area contributed by atoms with Gasteiger partial charge in [0.2, 0.25) is 0 Å². The lowest BCUT2D eigenvalue weighted by Gasteiger charge is -2.38. The second-order valence-corrected chi connectivity index (χ2v) is 6.16. The van der Waals surface area contributed by atoms with E-state index in [0.717, 1.165) is 39.3 Å². The highest BCUT2D eigenvalue weighted by molar-refractivity contribution is 5.14. The average Bonchev–Trinajstić information content (AvgIpc) is 2.58. The number of nitrogens with zero attached hydrogens (tertiary/aromatic N) is 2. The van der Waals surface area contributed by atoms with E-state index in [1.54, 1.807) is 0 Å². The zero-order chi connectivity index (χ0) is 15.2. The summed E-state index contributed by atoms with van der Waals surface area (Å²) in [5, 5.41) is 9.16. The van der Waals surface area contributed by atoms with Crippen LogP contribution < -0.4 is 0 Å². The van der Waals surface area contributed by atoms with Crippen molar-refractivity contribution in [3.8, 4) is 0 Å². The Kier molecular flexibility index (Phi) is 5.81. The molecule has 2 atom stereocenters. The third-order valence-electron chi connectivity index (χ3n) is 4.37. The number of benzene rings is 1. The Morgan fingerprint density at radius 1 is 0.955 bits per heavy atom. The summed E-state index contributed by atoms with van der Waals surface area (Å²) in [6.07, 6.45) is -0.0651. The Labute approximate surface area is 132 Å². The molecule has 2 unspecified atom stereocenters. The summed E-state index contributed by atoms with van der Waals surface area (Å²) in [7, 11) is 0. The van der Waals surface area contributed by atoms with E-state index in [1.807, 2.05) is 0 Å². The van der Waals surface area contributed by atoms with Gasteiger partial charge in [0.25, 0.3) is 0 Å². The standard InChI is InChI=1S/C17H26N2O3/c20-12-17-14-21-13-16(22-17)11-19-8-6-18(7-9-19)10-15-4-2-1-3-5-15/h1-5,16-17,20H,6-14H2. The van der Waals surface area contributed by atoms with E-state index in [-0.39, 0.29) is 18.8 Å². The summed E-state index contributed by atoms with van der Waals surface area (Å²) < 4.78 is 11.3. The lowest BCUT2D eigenvalue weighted by molar-refractivity contribution is -0.157. The first-order chi connectivity index (χ1) is 10.8. The quantitative estimate of drug-likeness (QED) is 0.862. The van der Waals surface area contributed by atoms with Crippen LogP contribution in [0.25, 0.3) is 0 Å². The molecule has 2 aliphatic rings. The fourth-order valence-electron chi connectivity index (χ4n) is 3.13. The van der Waals surface area contributed by atoms with Gasteiger partial charge in [0.15, 0.2) is 0 Å². The van der Waals surface area contributed by atoms with Gasteiger partial charge in [-0.15, -0.1) is 0 Å². The van der Waals surface area contributed by atoms with Crippen molar-refractivity contribution in [2.75, 3.05) is 52.5 Å². The summed E-state index contributed by atoms with van der Waals surface area (Å²) in [4.78, 5) is 4.94. The molecule has 0 saturated carbocycles. The summed E-state index contributed by atoms with van der Waals surface area (Å²) in [5.41, 5.74) is 1.38. The van der Waals surface area contributed by atoms with Crippen LogP contribution in [0.2, 0.25) is 0 Å². The van der Waals surface area contributed by atoms with Crippen molar-refractivity contribution in [1.29, 1.82) is 0 Å². The van der Waals surface area contributed by atoms with Gasteiger partial charge in [0.05, 0.1) is 25.9 Å². The molecule has 5 heteroatoms. The van der Waals surface area contributed by atoms with Crippen molar-refractivity contribution >= 4 is 0 Å². The van der Waals surface area contributed by atoms with Gasteiger partial charge in [0, 0.05) is 39.3 Å². The molecule has 22 heavy (non-hydrogen) atoms. The van der Waals surface area contributed by atoms with Crippen LogP contribution in [0.3, 0.4) is 0 Å². The molecule has 2 heterocycles. The van der Waals surface area contributed by atoms with E-state index in [2.05, 4.69) is 40.1 Å². The molecule has 2 saturated heterocycles. The van der Waals surface area contributed by atoms with Gasteiger partial charge in [-0.05, 0) is 5.56 Å². The second kappa shape index (κ2) is 8.04. The largest absolute Gasteiger partial charge is 0.394 e. The number of aliphatic hydroxyl groups excluding tert-OH is 1. The summed E-state index contributed by atoms with van der Waals surface area (Å²) in [5.74, 6) is 0. The molecule has 1 aromatic rings. The van der Waals surface area contributed by atoms with Gasteiger partial charge in [0.1, 0.15) is 6.10 Å². The topological polar surface area (TPSA) is 45.2 Å². The van der Waals surface area contributed by atoms with Gasteiger partial charge < -0.3 is 14.6 Å². The third-order valence-corrected chi connectivity index (χ3v) is 4.37. The lowest BCUT2D eigenvalue weighted by atomic mass is 10.2. The smallest absolute Gasteiger partial charge is 0.104 e. The fourth-order valence-corrected chi connectivity index (χ4v) is 3.13. The first kappa shape index (κ1) is 15.9. The minimum Gasteiger partial charge on any atom is -0.394 e. The molecule has 0 spiro atoms. The predicted octanol–water partition coefficient (Wildman–Crippen LogP) is 0.581. The molecule has 0 bridgehead atoms. The highest BCUT2D eigenvalue weighted by Crippen LogP contribution is 2.12. The number of hydrogen-bond donors (Lipinski definition) is 1. The number of hydrogen-bond acceptors (Lipinski definition) is 5. The zero-order valence-corrected chi connectivity index (χ0v) is 13.1. The van der Waals surface area contributed by atoms with E-state index in [4.69, 9.17) is 14.6 Å². The Morgan fingerprint density at radius 2 is 1.64 bits per heavy atom. The second-order valence-electron chi connectivity index (χ2n) is 6.16. The molecular weight excluding hydrogens is 280 g/mol. The van der Waals surface area contributed by atoms with E-state index < -0.39 is 0 Å². The maximum atomic E-state index is 9.16. The van der Waals surface area contributed by atoms with Crippen molar-refractivity contribution in [2.24, 2.45) is 0 Å². The molecular formula is C17H26N2O3. The molecule has 1 N–H and O–H groups in total. The molecule has 0 amide bonds. The number of ether oxygens (including phenoxy) is 2. The van der Waals surface area contributed by atoms with Crippen LogP contribution in [0, 0.1) is 0 Å². The van der Waals surface area contributed by atoms with Crippen molar-refractivity contribution in [2.45, 2.75) is 18.8 Å². The highest BCUT2D eigenvalue weighted by atomic mass is 16.6. The number of rotatable bonds is 5. The number of aliphatic hydroxyl groups is 1. The van der Waals surface area contributed by atoms with Gasteiger partial charge in [-0.3, -0.25) is 9.80 Å². The van der Waals surface area contributed by atoms with Gasteiger partial charge >= 0.3 is 0 Å². The van der Waals surface area contributed by atoms with Crippen LogP contribution in [0.5, 0.6) is 0 Å². The van der Waals surface area contributed by atoms with Crippen molar-refractivity contribution < 1.29 is 14.6 Å². The molecule has 0 radical (unpaired) electrons. The van der Waals surface area contributed by atoms with Gasteiger partial charge in [-0.1, -0.05) is 30.3 Å². The maximum Gasteiger partial charge on any atom is 0.104 e. The molecule has 122 valence electrons. The average molecular weight is 306 g/mol. The molecule has 0 aliphatic carbocycles. The minimum atomic E-state index is -0.155. The SMILES string of the molecule is OCC1COCC(CN2CCN(Cc3ccccc3)CC2)O1. The van der Waals surface area contributed by atoms with E-state index in [0.29, 0.717) is 13.2 Å². The molecule has 0 aromatic heterocycles. The summed E-state index contributed by atoms with van der Waals surface area (Å²) in [6, 6.07) is 10.6. The van der Waals surface area contributed by atoms with E-state index in [9.17, 15) is 0 Å². The van der Waals surface area contributed by atoms with Crippen LogP contribution in [-0.2, 0) is 16.0 Å². The first-order valence-corrected chi connectivity index (χ1v) is 8.16. The third kappa shape index (κ3) is 4.51. The Morgan fingerprint density at radius 3 is 2.36 bits per heavy atom. The Bertz CT molecular complexity index is 435. The van der Waals surface area contributed by atoms with E-state index in [1.165, 1.54) is 5.56 Å². The Balaban J connectivity index is 1.40. The maximum absolute atomic E-state index is 9.16. The zero-order valence-electron chi connectivity index (χ0n) is 13.1. The van der Waals surface area contributed by atoms with Crippen LogP contribution in [-0.4, -0.2) is 79.7 Å². The summed E-state index contributed by atoms with van der Waals surface area (Å²) >= 11 is 0. The fraction of sp³-hybridized carbons (Fsp3) is 0.647. The van der Waals surface area contributed by atoms with Crippen molar-refractivity contribution in [3.63, 3.8) is 0 Å². The normalized spacial score (nSPS) is 27.9. The van der Waals surface area contributed by atoms with Crippen molar-refractivity contribution in [1.82, 2.24) is 9.80 Å². The molecule has 2 fully saturated rings. The summed E-state index contributed by atoms with van der Waals surface area (Å²) in [6.45, 7) is 7.44. The van der Waals surface area contributed by atoms with E-state index >= 15 is 0 Å². The molecule has 1 aromatic carbocycles. The van der Waals surface area contributed by atoms with Crippen LogP contribution >= 0.6 is 0 Å². The first-order valence-electron chi connectivity index (χ1n) is 8.16. The highest BCUT2D eigenvalue weighted by Gasteiger charge is 2.26. The lowest BCUT2D eigenvalue weighted by Crippen LogP contribution is -2.51. The number of piperazine rings is 1. The van der Waals surface area contributed by atoms with Gasteiger partial charge in [-0.25, -0.2) is 0 Å². The van der Waals surface area contributed by atoms with Crippen LogP contribution in [0.1, 0.15) is 5.56 Å². The molecule has 3 rings (SSSR count). The van der Waals surface area contributed by atoms with Crippen molar-refractivity contribution in [3.05, 3.63) is 35.9 Å². The van der Waals surface area contributed by atoms with Gasteiger partial charge in [-0.2, -0.15) is 0 Å². The molecule has 2 aliphatic heterocycles. The van der Waals surface area contributed by atoms with Crippen LogP contribution in [0.4, 0.5) is 0 Å².